The third kappa shape index (κ3) is 4.81. The molecule has 0 aliphatic carbocycles. The van der Waals surface area contributed by atoms with Crippen molar-refractivity contribution in [2.45, 2.75) is 26.8 Å². The first-order valence-corrected chi connectivity index (χ1v) is 6.67. The van der Waals surface area contributed by atoms with E-state index in [9.17, 15) is 9.18 Å². The van der Waals surface area contributed by atoms with E-state index >= 15 is 0 Å². The first kappa shape index (κ1) is 16.4. The summed E-state index contributed by atoms with van der Waals surface area (Å²) in [5.41, 5.74) is 1.35. The van der Waals surface area contributed by atoms with Crippen LogP contribution in [0.3, 0.4) is 0 Å². The van der Waals surface area contributed by atoms with Crippen molar-refractivity contribution in [2.75, 3.05) is 25.6 Å². The van der Waals surface area contributed by atoms with Crippen molar-refractivity contribution < 1.29 is 18.7 Å². The number of carbonyl (C=O) groups is 1. The van der Waals surface area contributed by atoms with Gasteiger partial charge in [-0.1, -0.05) is 6.92 Å². The van der Waals surface area contributed by atoms with Crippen LogP contribution in [0.25, 0.3) is 0 Å². The Kier molecular flexibility index (Phi) is 6.45. The maximum atomic E-state index is 13.4. The summed E-state index contributed by atoms with van der Waals surface area (Å²) in [5, 5.41) is 3.04. The molecule has 0 aliphatic heterocycles. The van der Waals surface area contributed by atoms with Crippen molar-refractivity contribution in [3.63, 3.8) is 0 Å². The summed E-state index contributed by atoms with van der Waals surface area (Å²) in [5.74, 6) is -0.795. The van der Waals surface area contributed by atoms with E-state index < -0.39 is 6.04 Å². The van der Waals surface area contributed by atoms with Crippen LogP contribution in [0.5, 0.6) is 0 Å². The van der Waals surface area contributed by atoms with Gasteiger partial charge < -0.3 is 14.8 Å². The molecule has 20 heavy (non-hydrogen) atoms. The zero-order chi connectivity index (χ0) is 15.1. The van der Waals surface area contributed by atoms with Crippen molar-refractivity contribution in [2.24, 2.45) is 5.92 Å². The molecule has 0 saturated carbocycles. The van der Waals surface area contributed by atoms with Gasteiger partial charge in [0.05, 0.1) is 13.2 Å². The van der Waals surface area contributed by atoms with Gasteiger partial charge in [-0.05, 0) is 37.6 Å². The lowest BCUT2D eigenvalue weighted by Gasteiger charge is -2.24. The van der Waals surface area contributed by atoms with Crippen molar-refractivity contribution in [1.29, 1.82) is 0 Å². The van der Waals surface area contributed by atoms with Crippen LogP contribution >= 0.6 is 0 Å². The number of halogens is 1. The fourth-order valence-corrected chi connectivity index (χ4v) is 2.02. The topological polar surface area (TPSA) is 47.6 Å². The summed E-state index contributed by atoms with van der Waals surface area (Å²) in [6.45, 7) is 6.14. The number of esters is 1. The Hall–Kier alpha value is -1.62. The van der Waals surface area contributed by atoms with E-state index in [1.165, 1.54) is 12.1 Å². The summed E-state index contributed by atoms with van der Waals surface area (Å²) in [4.78, 5) is 12.0. The highest BCUT2D eigenvalue weighted by Crippen LogP contribution is 2.18. The number of rotatable bonds is 7. The summed E-state index contributed by atoms with van der Waals surface area (Å²) in [6.07, 6.45) is 0. The Balaban J connectivity index is 2.90. The molecule has 5 heteroatoms. The van der Waals surface area contributed by atoms with Gasteiger partial charge in [0.1, 0.15) is 11.9 Å². The summed E-state index contributed by atoms with van der Waals surface area (Å²) in [7, 11) is 1.57. The molecule has 0 amide bonds. The van der Waals surface area contributed by atoms with Gasteiger partial charge in [0.25, 0.3) is 0 Å². The van der Waals surface area contributed by atoms with Crippen LogP contribution in [0.1, 0.15) is 19.4 Å². The first-order valence-electron chi connectivity index (χ1n) is 6.67. The molecule has 0 aliphatic rings. The SMILES string of the molecule is CCOC(=O)C(Nc1cc(C)cc(F)c1)C(C)COC. The number of benzene rings is 1. The van der Waals surface area contributed by atoms with E-state index in [1.807, 2.05) is 6.92 Å². The number of anilines is 1. The molecule has 0 heterocycles. The molecular formula is C15H22FNO3. The number of methoxy groups -OCH3 is 1. The highest BCUT2D eigenvalue weighted by molar-refractivity contribution is 5.79. The minimum atomic E-state index is -0.573. The number of aryl methyl sites for hydroxylation is 1. The van der Waals surface area contributed by atoms with Gasteiger partial charge in [-0.3, -0.25) is 0 Å². The molecule has 0 aromatic heterocycles. The lowest BCUT2D eigenvalue weighted by Crippen LogP contribution is -2.39. The Morgan fingerprint density at radius 2 is 2.10 bits per heavy atom. The quantitative estimate of drug-likeness (QED) is 0.782. The highest BCUT2D eigenvalue weighted by Gasteiger charge is 2.26. The lowest BCUT2D eigenvalue weighted by molar-refractivity contribution is -0.145. The van der Waals surface area contributed by atoms with E-state index in [4.69, 9.17) is 9.47 Å². The zero-order valence-corrected chi connectivity index (χ0v) is 12.4. The summed E-state index contributed by atoms with van der Waals surface area (Å²) in [6, 6.07) is 4.01. The molecule has 1 aromatic rings. The summed E-state index contributed by atoms with van der Waals surface area (Å²) >= 11 is 0. The van der Waals surface area contributed by atoms with Crippen LogP contribution < -0.4 is 5.32 Å². The monoisotopic (exact) mass is 283 g/mol. The third-order valence-corrected chi connectivity index (χ3v) is 2.90. The van der Waals surface area contributed by atoms with Crippen molar-refractivity contribution >= 4 is 11.7 Å². The Morgan fingerprint density at radius 1 is 1.40 bits per heavy atom. The van der Waals surface area contributed by atoms with Crippen molar-refractivity contribution in [1.82, 2.24) is 0 Å². The summed E-state index contributed by atoms with van der Waals surface area (Å²) < 4.78 is 23.5. The van der Waals surface area contributed by atoms with Crippen molar-refractivity contribution in [3.05, 3.63) is 29.6 Å². The van der Waals surface area contributed by atoms with Gasteiger partial charge in [0.2, 0.25) is 0 Å². The Morgan fingerprint density at radius 3 is 2.65 bits per heavy atom. The molecule has 1 aromatic carbocycles. The molecule has 2 atom stereocenters. The predicted octanol–water partition coefficient (Wildman–Crippen LogP) is 2.76. The standard InChI is InChI=1S/C15H22FNO3/c1-5-20-15(18)14(11(3)9-19-4)17-13-7-10(2)6-12(16)8-13/h6-8,11,14,17H,5,9H2,1-4H3. The molecule has 0 saturated heterocycles. The Labute approximate surface area is 119 Å². The van der Waals surface area contributed by atoms with Gasteiger partial charge in [-0.2, -0.15) is 0 Å². The van der Waals surface area contributed by atoms with Crippen LogP contribution in [0.15, 0.2) is 18.2 Å². The van der Waals surface area contributed by atoms with Gasteiger partial charge in [-0.15, -0.1) is 0 Å². The molecule has 2 unspecified atom stereocenters. The number of hydrogen-bond acceptors (Lipinski definition) is 4. The number of nitrogens with one attached hydrogen (secondary N) is 1. The third-order valence-electron chi connectivity index (χ3n) is 2.90. The van der Waals surface area contributed by atoms with E-state index in [1.54, 1.807) is 27.0 Å². The van der Waals surface area contributed by atoms with Crippen LogP contribution in [0.2, 0.25) is 0 Å². The minimum absolute atomic E-state index is 0.0948. The molecule has 0 bridgehead atoms. The fraction of sp³-hybridized carbons (Fsp3) is 0.533. The molecule has 112 valence electrons. The second kappa shape index (κ2) is 7.85. The average Bonchev–Trinajstić information content (AvgIpc) is 2.35. The maximum Gasteiger partial charge on any atom is 0.328 e. The molecule has 1 rings (SSSR count). The van der Waals surface area contributed by atoms with E-state index in [2.05, 4.69) is 5.32 Å². The van der Waals surface area contributed by atoms with Gasteiger partial charge in [0, 0.05) is 18.7 Å². The number of ether oxygens (including phenoxy) is 2. The molecule has 0 fully saturated rings. The predicted molar refractivity (Wildman–Crippen MR) is 76.2 cm³/mol. The molecular weight excluding hydrogens is 261 g/mol. The van der Waals surface area contributed by atoms with E-state index in [-0.39, 0.29) is 17.7 Å². The number of hydrogen-bond donors (Lipinski definition) is 1. The van der Waals surface area contributed by atoms with Gasteiger partial charge >= 0.3 is 5.97 Å². The molecule has 4 nitrogen and oxygen atoms in total. The fourth-order valence-electron chi connectivity index (χ4n) is 2.02. The molecule has 1 N–H and O–H groups in total. The number of carbonyl (C=O) groups excluding carboxylic acids is 1. The normalized spacial score (nSPS) is 13.7. The van der Waals surface area contributed by atoms with Crippen LogP contribution in [-0.2, 0) is 14.3 Å². The van der Waals surface area contributed by atoms with Gasteiger partial charge in [0.15, 0.2) is 0 Å². The largest absolute Gasteiger partial charge is 0.464 e. The smallest absolute Gasteiger partial charge is 0.328 e. The second-order valence-electron chi connectivity index (χ2n) is 4.82. The van der Waals surface area contributed by atoms with E-state index in [0.29, 0.717) is 18.9 Å². The van der Waals surface area contributed by atoms with E-state index in [0.717, 1.165) is 5.56 Å². The van der Waals surface area contributed by atoms with Crippen LogP contribution in [-0.4, -0.2) is 32.3 Å². The molecule has 0 radical (unpaired) electrons. The maximum absolute atomic E-state index is 13.4. The van der Waals surface area contributed by atoms with Crippen molar-refractivity contribution in [3.8, 4) is 0 Å². The van der Waals surface area contributed by atoms with Crippen LogP contribution in [0, 0.1) is 18.7 Å². The first-order chi connectivity index (χ1) is 9.47. The highest BCUT2D eigenvalue weighted by atomic mass is 19.1. The molecule has 0 spiro atoms. The zero-order valence-electron chi connectivity index (χ0n) is 12.4. The average molecular weight is 283 g/mol. The Bertz CT molecular complexity index is 430. The van der Waals surface area contributed by atoms with Gasteiger partial charge in [-0.25, -0.2) is 9.18 Å². The second-order valence-corrected chi connectivity index (χ2v) is 4.82. The minimum Gasteiger partial charge on any atom is -0.464 e. The lowest BCUT2D eigenvalue weighted by atomic mass is 10.0. The van der Waals surface area contributed by atoms with Crippen LogP contribution in [0.4, 0.5) is 10.1 Å².